The molecule has 0 aromatic carbocycles. The summed E-state index contributed by atoms with van der Waals surface area (Å²) in [6.45, 7) is 13.2. The number of nitrogens with one attached hydrogen (secondary N) is 1. The van der Waals surface area contributed by atoms with Gasteiger partial charge in [0.05, 0.1) is 6.10 Å². The quantitative estimate of drug-likeness (QED) is 0.844. The van der Waals surface area contributed by atoms with E-state index in [9.17, 15) is 0 Å². The lowest BCUT2D eigenvalue weighted by Gasteiger charge is -2.60. The minimum atomic E-state index is 0.327. The fraction of sp³-hybridized carbons (Fsp3) is 1.00. The average molecular weight is 294 g/mol. The van der Waals surface area contributed by atoms with E-state index in [1.165, 1.54) is 58.3 Å². The lowest BCUT2D eigenvalue weighted by Crippen LogP contribution is -2.69. The van der Waals surface area contributed by atoms with Crippen LogP contribution in [0.15, 0.2) is 0 Å². The molecule has 0 aromatic rings. The van der Waals surface area contributed by atoms with E-state index in [0.717, 1.165) is 18.4 Å². The molecule has 21 heavy (non-hydrogen) atoms. The summed E-state index contributed by atoms with van der Waals surface area (Å²) in [6.07, 6.45) is 7.18. The van der Waals surface area contributed by atoms with Crippen LogP contribution >= 0.6 is 0 Å². The molecule has 2 saturated heterocycles. The summed E-state index contributed by atoms with van der Waals surface area (Å²) in [5.41, 5.74) is 0.327. The van der Waals surface area contributed by atoms with Gasteiger partial charge in [-0.2, -0.15) is 0 Å². The van der Waals surface area contributed by atoms with Gasteiger partial charge in [-0.25, -0.2) is 0 Å². The van der Waals surface area contributed by atoms with Crippen LogP contribution in [-0.2, 0) is 4.74 Å². The number of hydrogen-bond acceptors (Lipinski definition) is 3. The van der Waals surface area contributed by atoms with Gasteiger partial charge in [-0.05, 0) is 64.2 Å². The third-order valence-corrected chi connectivity index (χ3v) is 6.20. The molecule has 3 heteroatoms. The molecule has 2 aliphatic heterocycles. The number of likely N-dealkylation sites (tertiary alicyclic amines) is 1. The highest BCUT2D eigenvalue weighted by atomic mass is 16.5. The van der Waals surface area contributed by atoms with E-state index >= 15 is 0 Å². The van der Waals surface area contributed by atoms with Crippen LogP contribution in [0.25, 0.3) is 0 Å². The standard InChI is InChI=1S/C18H34N2O/c1-4-9-20-10-7-14(8-11-20)13-19-16-15-6-5-12-21-17(15)18(16,2)3/h14-17,19H,4-13H2,1-3H3/t15-,16+,17-/m0/s1. The Morgan fingerprint density at radius 3 is 2.67 bits per heavy atom. The fourth-order valence-corrected chi connectivity index (χ4v) is 4.96. The largest absolute Gasteiger partial charge is 0.377 e. The zero-order valence-corrected chi connectivity index (χ0v) is 14.2. The lowest BCUT2D eigenvalue weighted by atomic mass is 9.55. The molecule has 3 atom stereocenters. The van der Waals surface area contributed by atoms with Crippen molar-refractivity contribution in [1.29, 1.82) is 0 Å². The van der Waals surface area contributed by atoms with Crippen LogP contribution in [0.4, 0.5) is 0 Å². The van der Waals surface area contributed by atoms with Gasteiger partial charge >= 0.3 is 0 Å². The Morgan fingerprint density at radius 2 is 1.95 bits per heavy atom. The molecule has 0 amide bonds. The number of ether oxygens (including phenoxy) is 1. The minimum Gasteiger partial charge on any atom is -0.377 e. The maximum Gasteiger partial charge on any atom is 0.0684 e. The summed E-state index contributed by atoms with van der Waals surface area (Å²) in [6, 6.07) is 0.677. The van der Waals surface area contributed by atoms with E-state index < -0.39 is 0 Å². The monoisotopic (exact) mass is 294 g/mol. The van der Waals surface area contributed by atoms with Crippen LogP contribution in [0.3, 0.4) is 0 Å². The van der Waals surface area contributed by atoms with Crippen molar-refractivity contribution in [3.63, 3.8) is 0 Å². The van der Waals surface area contributed by atoms with Crippen molar-refractivity contribution >= 4 is 0 Å². The Labute approximate surface area is 130 Å². The van der Waals surface area contributed by atoms with Crippen molar-refractivity contribution in [3.8, 4) is 0 Å². The highest BCUT2D eigenvalue weighted by Gasteiger charge is 2.57. The van der Waals surface area contributed by atoms with E-state index in [1.54, 1.807) is 0 Å². The van der Waals surface area contributed by atoms with Gasteiger partial charge < -0.3 is 15.0 Å². The first kappa shape index (κ1) is 15.8. The molecule has 0 radical (unpaired) electrons. The first-order valence-electron chi connectivity index (χ1n) is 9.20. The normalized spacial score (nSPS) is 37.0. The lowest BCUT2D eigenvalue weighted by molar-refractivity contribution is -0.193. The fourth-order valence-electron chi connectivity index (χ4n) is 4.96. The highest BCUT2D eigenvalue weighted by molar-refractivity contribution is 5.10. The van der Waals surface area contributed by atoms with Crippen molar-refractivity contribution in [2.45, 2.75) is 65.0 Å². The van der Waals surface area contributed by atoms with Crippen molar-refractivity contribution in [2.75, 3.05) is 32.8 Å². The number of nitrogens with zero attached hydrogens (tertiary/aromatic N) is 1. The number of hydrogen-bond donors (Lipinski definition) is 1. The van der Waals surface area contributed by atoms with E-state index in [-0.39, 0.29) is 0 Å². The summed E-state index contributed by atoms with van der Waals surface area (Å²) < 4.78 is 6.01. The molecule has 1 aliphatic carbocycles. The molecule has 0 aromatic heterocycles. The predicted molar refractivity (Wildman–Crippen MR) is 87.5 cm³/mol. The molecule has 0 unspecified atom stereocenters. The predicted octanol–water partition coefficient (Wildman–Crippen LogP) is 2.90. The van der Waals surface area contributed by atoms with Gasteiger partial charge in [-0.3, -0.25) is 0 Å². The number of fused-ring (bicyclic) bond motifs is 1. The van der Waals surface area contributed by atoms with E-state index in [0.29, 0.717) is 17.6 Å². The Bertz CT molecular complexity index is 336. The maximum atomic E-state index is 6.01. The number of rotatable bonds is 5. The topological polar surface area (TPSA) is 24.5 Å². The van der Waals surface area contributed by atoms with Gasteiger partial charge in [0.25, 0.3) is 0 Å². The van der Waals surface area contributed by atoms with Gasteiger partial charge in [-0.1, -0.05) is 20.8 Å². The highest BCUT2D eigenvalue weighted by Crippen LogP contribution is 2.51. The first-order valence-corrected chi connectivity index (χ1v) is 9.20. The SMILES string of the molecule is CCCN1CCC(CN[C@@H]2[C@@H]3CCCO[C@@H]3C2(C)C)CC1. The smallest absolute Gasteiger partial charge is 0.0684 e. The maximum absolute atomic E-state index is 6.01. The van der Waals surface area contributed by atoms with Crippen LogP contribution in [0.2, 0.25) is 0 Å². The van der Waals surface area contributed by atoms with Crippen molar-refractivity contribution in [1.82, 2.24) is 10.2 Å². The van der Waals surface area contributed by atoms with Crippen LogP contribution in [-0.4, -0.2) is 49.8 Å². The third kappa shape index (κ3) is 3.16. The molecule has 2 heterocycles. The number of piperidine rings is 1. The van der Waals surface area contributed by atoms with Gasteiger partial charge in [0.2, 0.25) is 0 Å². The first-order chi connectivity index (χ1) is 10.1. The Morgan fingerprint density at radius 1 is 1.19 bits per heavy atom. The molecule has 122 valence electrons. The van der Waals surface area contributed by atoms with Gasteiger partial charge in [0, 0.05) is 24.0 Å². The second-order valence-electron chi connectivity index (χ2n) is 8.09. The molecule has 3 nitrogen and oxygen atoms in total. The molecular formula is C18H34N2O. The van der Waals surface area contributed by atoms with Crippen molar-refractivity contribution < 1.29 is 4.74 Å². The van der Waals surface area contributed by atoms with Gasteiger partial charge in [-0.15, -0.1) is 0 Å². The summed E-state index contributed by atoms with van der Waals surface area (Å²) in [4.78, 5) is 2.63. The molecule has 3 rings (SSSR count). The van der Waals surface area contributed by atoms with Crippen LogP contribution in [0.5, 0.6) is 0 Å². The summed E-state index contributed by atoms with van der Waals surface area (Å²) >= 11 is 0. The van der Waals surface area contributed by atoms with E-state index in [4.69, 9.17) is 4.74 Å². The van der Waals surface area contributed by atoms with E-state index in [1.807, 2.05) is 0 Å². The van der Waals surface area contributed by atoms with Gasteiger partial charge in [0.15, 0.2) is 0 Å². The molecule has 1 saturated carbocycles. The molecule has 3 fully saturated rings. The van der Waals surface area contributed by atoms with Crippen molar-refractivity contribution in [3.05, 3.63) is 0 Å². The molecule has 3 aliphatic rings. The second kappa shape index (κ2) is 6.55. The molecule has 0 spiro atoms. The Hall–Kier alpha value is -0.120. The van der Waals surface area contributed by atoms with Crippen molar-refractivity contribution in [2.24, 2.45) is 17.3 Å². The summed E-state index contributed by atoms with van der Waals surface area (Å²) in [7, 11) is 0. The van der Waals surface area contributed by atoms with E-state index in [2.05, 4.69) is 31.0 Å². The van der Waals surface area contributed by atoms with Crippen LogP contribution < -0.4 is 5.32 Å². The molecule has 1 N–H and O–H groups in total. The third-order valence-electron chi connectivity index (χ3n) is 6.20. The molecular weight excluding hydrogens is 260 g/mol. The van der Waals surface area contributed by atoms with Crippen LogP contribution in [0.1, 0.15) is 52.9 Å². The summed E-state index contributed by atoms with van der Waals surface area (Å²) in [5.74, 6) is 1.66. The van der Waals surface area contributed by atoms with Crippen LogP contribution in [0, 0.1) is 17.3 Å². The summed E-state index contributed by atoms with van der Waals surface area (Å²) in [5, 5.41) is 3.93. The molecule has 0 bridgehead atoms. The minimum absolute atomic E-state index is 0.327. The second-order valence-corrected chi connectivity index (χ2v) is 8.09. The Balaban J connectivity index is 1.43. The zero-order valence-electron chi connectivity index (χ0n) is 14.2. The zero-order chi connectivity index (χ0) is 14.9. The Kier molecular flexibility index (Phi) is 4.92. The average Bonchev–Trinajstić information content (AvgIpc) is 2.49. The van der Waals surface area contributed by atoms with Gasteiger partial charge in [0.1, 0.15) is 0 Å².